The first-order chi connectivity index (χ1) is 28.4. The largest absolute Gasteiger partial charge is 0.496 e. The highest BCUT2D eigenvalue weighted by atomic mass is 35.5. The third-order valence-electron chi connectivity index (χ3n) is 9.50. The van der Waals surface area contributed by atoms with Gasteiger partial charge in [-0.05, 0) is 85.5 Å². The number of guanidine groups is 1. The van der Waals surface area contributed by atoms with Crippen LogP contribution >= 0.6 is 34.5 Å². The topological polar surface area (TPSA) is 223 Å². The predicted molar refractivity (Wildman–Crippen MR) is 234 cm³/mol. The number of aromatic nitrogens is 1. The number of carbonyl (C=O) groups is 4. The molecule has 0 unspecified atom stereocenters. The molecule has 0 aliphatic carbocycles. The molecular formula is C41H50Cl2N8O7S2. The highest BCUT2D eigenvalue weighted by Gasteiger charge is 2.32. The van der Waals surface area contributed by atoms with Crippen LogP contribution < -0.4 is 36.5 Å². The summed E-state index contributed by atoms with van der Waals surface area (Å²) in [5.41, 5.74) is 9.10. The quantitative estimate of drug-likeness (QED) is 0.0308. The first-order valence-electron chi connectivity index (χ1n) is 19.0. The van der Waals surface area contributed by atoms with Crippen LogP contribution in [0.25, 0.3) is 0 Å². The Kier molecular flexibility index (Phi) is 17.3. The van der Waals surface area contributed by atoms with Crippen molar-refractivity contribution >= 4 is 74.2 Å². The lowest BCUT2D eigenvalue weighted by Crippen LogP contribution is -2.58. The van der Waals surface area contributed by atoms with E-state index in [1.165, 1.54) is 13.3 Å². The molecule has 1 heterocycles. The molecule has 0 saturated carbocycles. The fourth-order valence-corrected chi connectivity index (χ4v) is 8.71. The number of aliphatic imine (C=N–C) groups is 1. The predicted octanol–water partition coefficient (Wildman–Crippen LogP) is 5.38. The van der Waals surface area contributed by atoms with Crippen molar-refractivity contribution in [2.75, 3.05) is 13.7 Å². The molecule has 0 spiro atoms. The second kappa shape index (κ2) is 21.9. The summed E-state index contributed by atoms with van der Waals surface area (Å²) >= 11 is 13.2. The van der Waals surface area contributed by atoms with Crippen LogP contribution in [-0.2, 0) is 32.6 Å². The zero-order valence-electron chi connectivity index (χ0n) is 34.1. The van der Waals surface area contributed by atoms with Gasteiger partial charge in [0.2, 0.25) is 23.6 Å². The number of benzene rings is 3. The lowest BCUT2D eigenvalue weighted by Gasteiger charge is -2.27. The number of Topliss-reactive ketones (excluding diaryl/α,β-unsaturated/α-hetero) is 1. The van der Waals surface area contributed by atoms with Gasteiger partial charge in [-0.2, -0.15) is 0 Å². The van der Waals surface area contributed by atoms with Gasteiger partial charge in [0.25, 0.3) is 10.0 Å². The highest BCUT2D eigenvalue weighted by molar-refractivity contribution is 7.90. The Morgan fingerprint density at radius 1 is 0.900 bits per heavy atom. The van der Waals surface area contributed by atoms with Crippen molar-refractivity contribution in [3.8, 4) is 5.75 Å². The van der Waals surface area contributed by atoms with Crippen LogP contribution in [0.4, 0.5) is 4.79 Å². The van der Waals surface area contributed by atoms with Gasteiger partial charge < -0.3 is 31.7 Å². The van der Waals surface area contributed by atoms with Crippen molar-refractivity contribution in [3.05, 3.63) is 109 Å². The van der Waals surface area contributed by atoms with Gasteiger partial charge in [-0.1, -0.05) is 73.4 Å². The molecule has 322 valence electrons. The number of halogens is 2. The number of aryl methyl sites for hydroxylation is 1. The third kappa shape index (κ3) is 13.1. The van der Waals surface area contributed by atoms with E-state index in [2.05, 4.69) is 36.0 Å². The van der Waals surface area contributed by atoms with Crippen molar-refractivity contribution in [2.24, 2.45) is 16.6 Å². The molecule has 4 amide bonds. The summed E-state index contributed by atoms with van der Waals surface area (Å²) in [6.45, 7) is 8.67. The number of nitrogens with two attached hydrogens (primary N) is 1. The normalized spacial score (nSPS) is 13.2. The number of thiazole rings is 1. The number of hydrogen-bond donors (Lipinski definition) is 6. The van der Waals surface area contributed by atoms with Gasteiger partial charge in [0, 0.05) is 31.1 Å². The standard InChI is InChI=1S/C41H50Cl2N8O7S2/c1-23(2)34(50-37(53)32(21-27-11-8-7-9-12-27)49-41(55)47-22-28-14-15-29(42)30(43)20-28)38(54)48-31(35(52)39-45-17-18-59-39)13-10-16-46-40(44)51-60(56,57)36-24(3)19-33(58-6)25(4)26(36)5/h7-9,11-12,14-15,17-20,23,31-32,34H,10,13,16,21-22H2,1-6H3,(H,48,54)(H,50,53)(H3,44,46,51)(H2,47,49,55)/t31-,32-,34-/m0/s1. The molecule has 7 N–H and O–H groups in total. The summed E-state index contributed by atoms with van der Waals surface area (Å²) in [4.78, 5) is 62.9. The molecule has 0 bridgehead atoms. The van der Waals surface area contributed by atoms with E-state index in [0.29, 0.717) is 38.0 Å². The van der Waals surface area contributed by atoms with Gasteiger partial charge in [0.05, 0.1) is 28.1 Å². The molecule has 0 saturated heterocycles. The Labute approximate surface area is 364 Å². The molecule has 0 fully saturated rings. The third-order valence-corrected chi connectivity index (χ3v) is 12.7. The van der Waals surface area contributed by atoms with Crippen LogP contribution in [0.3, 0.4) is 0 Å². The molecule has 15 nitrogen and oxygen atoms in total. The van der Waals surface area contributed by atoms with Crippen molar-refractivity contribution in [1.29, 1.82) is 0 Å². The first kappa shape index (κ1) is 47.4. The summed E-state index contributed by atoms with van der Waals surface area (Å²) in [7, 11) is -2.60. The maximum atomic E-state index is 13.9. The number of sulfonamides is 1. The van der Waals surface area contributed by atoms with E-state index in [0.717, 1.165) is 16.9 Å². The van der Waals surface area contributed by atoms with Crippen molar-refractivity contribution < 1.29 is 32.3 Å². The van der Waals surface area contributed by atoms with Gasteiger partial charge in [0.1, 0.15) is 17.8 Å². The lowest BCUT2D eigenvalue weighted by atomic mass is 9.99. The second-order valence-corrected chi connectivity index (χ2v) is 17.6. The van der Waals surface area contributed by atoms with Gasteiger partial charge in [0.15, 0.2) is 5.01 Å². The molecule has 3 atom stereocenters. The van der Waals surface area contributed by atoms with Gasteiger partial charge >= 0.3 is 6.03 Å². The van der Waals surface area contributed by atoms with Crippen LogP contribution in [0.1, 0.15) is 64.3 Å². The Bertz CT molecular complexity index is 2290. The lowest BCUT2D eigenvalue weighted by molar-refractivity contribution is -0.131. The number of ether oxygens (including phenoxy) is 1. The van der Waals surface area contributed by atoms with E-state index in [1.54, 1.807) is 64.3 Å². The van der Waals surface area contributed by atoms with Crippen LogP contribution in [0, 0.1) is 26.7 Å². The average molecular weight is 902 g/mol. The summed E-state index contributed by atoms with van der Waals surface area (Å²) in [5, 5.41) is 13.5. The van der Waals surface area contributed by atoms with Crippen molar-refractivity contribution in [2.45, 2.75) is 83.4 Å². The first-order valence-corrected chi connectivity index (χ1v) is 22.1. The van der Waals surface area contributed by atoms with Gasteiger partial charge in [-0.3, -0.25) is 19.4 Å². The minimum Gasteiger partial charge on any atom is -0.496 e. The Balaban J connectivity index is 1.45. The number of carbonyl (C=O) groups excluding carboxylic acids is 4. The van der Waals surface area contributed by atoms with E-state index >= 15 is 0 Å². The van der Waals surface area contributed by atoms with E-state index in [-0.39, 0.29) is 48.2 Å². The smallest absolute Gasteiger partial charge is 0.315 e. The summed E-state index contributed by atoms with van der Waals surface area (Å²) in [6, 6.07) is 11.7. The second-order valence-electron chi connectivity index (χ2n) is 14.3. The molecule has 3 aromatic carbocycles. The number of nitrogens with one attached hydrogen (secondary N) is 5. The highest BCUT2D eigenvalue weighted by Crippen LogP contribution is 2.30. The van der Waals surface area contributed by atoms with Crippen molar-refractivity contribution in [1.82, 2.24) is 31.0 Å². The van der Waals surface area contributed by atoms with E-state index < -0.39 is 57.7 Å². The number of rotatable bonds is 19. The monoisotopic (exact) mass is 900 g/mol. The fourth-order valence-electron chi connectivity index (χ4n) is 6.28. The van der Waals surface area contributed by atoms with Gasteiger partial charge in [-0.25, -0.2) is 22.9 Å². The Hall–Kier alpha value is -5.23. The van der Waals surface area contributed by atoms with Crippen LogP contribution in [0.5, 0.6) is 5.75 Å². The van der Waals surface area contributed by atoms with Crippen LogP contribution in [0.2, 0.25) is 10.0 Å². The maximum Gasteiger partial charge on any atom is 0.315 e. The number of ketones is 1. The molecule has 0 aliphatic rings. The van der Waals surface area contributed by atoms with Crippen LogP contribution in [0.15, 0.2) is 76.1 Å². The van der Waals surface area contributed by atoms with E-state index in [4.69, 9.17) is 33.7 Å². The molecule has 1 aromatic heterocycles. The fraction of sp³-hybridized carbons (Fsp3) is 0.366. The molecule has 60 heavy (non-hydrogen) atoms. The Morgan fingerprint density at radius 3 is 2.25 bits per heavy atom. The number of amides is 4. The molecule has 4 aromatic rings. The molecule has 19 heteroatoms. The van der Waals surface area contributed by atoms with E-state index in [9.17, 15) is 27.6 Å². The molecule has 0 aliphatic heterocycles. The Morgan fingerprint density at radius 2 is 1.62 bits per heavy atom. The van der Waals surface area contributed by atoms with E-state index in [1.807, 2.05) is 30.3 Å². The molecular weight excluding hydrogens is 852 g/mol. The SMILES string of the molecule is COc1cc(C)c(S(=O)(=O)NC(N)=NCCC[C@H](NC(=O)[C@@H](NC(=O)[C@H](Cc2ccccc2)NC(=O)NCc2ccc(Cl)c(Cl)c2)C(C)C)C(=O)c2nccs2)c(C)c1C. The van der Waals surface area contributed by atoms with Crippen molar-refractivity contribution in [3.63, 3.8) is 0 Å². The summed E-state index contributed by atoms with van der Waals surface area (Å²) in [5.74, 6) is -1.94. The summed E-state index contributed by atoms with van der Waals surface area (Å²) < 4.78 is 34.3. The molecule has 0 radical (unpaired) electrons. The van der Waals surface area contributed by atoms with Crippen LogP contribution in [-0.4, -0.2) is 74.8 Å². The minimum atomic E-state index is -4.11. The zero-order chi connectivity index (χ0) is 44.1. The molecule has 4 rings (SSSR count). The number of urea groups is 1. The average Bonchev–Trinajstić information content (AvgIpc) is 3.74. The maximum absolute atomic E-state index is 13.9. The number of methoxy groups -OCH3 is 1. The zero-order valence-corrected chi connectivity index (χ0v) is 37.2. The summed E-state index contributed by atoms with van der Waals surface area (Å²) in [6.07, 6.45) is 1.88. The van der Waals surface area contributed by atoms with Gasteiger partial charge in [-0.15, -0.1) is 11.3 Å². The number of hydrogen-bond acceptors (Lipinski definition) is 10. The number of nitrogens with zero attached hydrogens (tertiary/aromatic N) is 2. The minimum absolute atomic E-state index is 0.00970.